The van der Waals surface area contributed by atoms with E-state index in [0.717, 1.165) is 0 Å². The number of carbonyl (C=O) groups is 1. The Labute approximate surface area is 107 Å². The van der Waals surface area contributed by atoms with Gasteiger partial charge in [0.25, 0.3) is 0 Å². The Morgan fingerprint density at radius 3 is 2.26 bits per heavy atom. The van der Waals surface area contributed by atoms with E-state index in [2.05, 4.69) is 0 Å². The average Bonchev–Trinajstić information content (AvgIpc) is 2.26. The average molecular weight is 279 g/mol. The summed E-state index contributed by atoms with van der Waals surface area (Å²) in [5.74, 6) is -2.34. The maximum atomic E-state index is 13.7. The largest absolute Gasteiger partial charge is 0.480 e. The second-order valence-corrected chi connectivity index (χ2v) is 4.73. The molecular formula is C12H13F4NO2. The lowest BCUT2D eigenvalue weighted by molar-refractivity contribution is -0.140. The lowest BCUT2D eigenvalue weighted by atomic mass is 9.77. The second-order valence-electron chi connectivity index (χ2n) is 4.73. The number of nitrogens with two attached hydrogens (primary N) is 1. The minimum atomic E-state index is -4.63. The Hall–Kier alpha value is -1.63. The third kappa shape index (κ3) is 3.04. The van der Waals surface area contributed by atoms with E-state index in [0.29, 0.717) is 18.2 Å². The van der Waals surface area contributed by atoms with E-state index in [9.17, 15) is 22.4 Å². The zero-order chi connectivity index (χ0) is 15.0. The molecule has 3 N–H and O–H groups in total. The van der Waals surface area contributed by atoms with E-state index in [1.54, 1.807) is 0 Å². The van der Waals surface area contributed by atoms with Crippen molar-refractivity contribution in [2.45, 2.75) is 31.5 Å². The molecule has 0 heterocycles. The van der Waals surface area contributed by atoms with Gasteiger partial charge >= 0.3 is 12.1 Å². The first-order valence-corrected chi connectivity index (χ1v) is 5.33. The summed E-state index contributed by atoms with van der Waals surface area (Å²) in [6, 6.07) is 0.332. The molecular weight excluding hydrogens is 266 g/mol. The van der Waals surface area contributed by atoms with Crippen LogP contribution in [0.15, 0.2) is 18.2 Å². The number of benzene rings is 1. The van der Waals surface area contributed by atoms with Crippen molar-refractivity contribution >= 4 is 5.97 Å². The monoisotopic (exact) mass is 279 g/mol. The lowest BCUT2D eigenvalue weighted by Gasteiger charge is -2.30. The summed E-state index contributed by atoms with van der Waals surface area (Å²) < 4.78 is 51.4. The summed E-state index contributed by atoms with van der Waals surface area (Å²) >= 11 is 0. The quantitative estimate of drug-likeness (QED) is 0.836. The number of carboxylic acids is 1. The highest BCUT2D eigenvalue weighted by atomic mass is 19.4. The van der Waals surface area contributed by atoms with E-state index >= 15 is 0 Å². The van der Waals surface area contributed by atoms with Crippen LogP contribution in [0, 0.1) is 5.82 Å². The van der Waals surface area contributed by atoms with E-state index in [4.69, 9.17) is 10.8 Å². The van der Waals surface area contributed by atoms with Crippen LogP contribution in [0.5, 0.6) is 0 Å². The molecule has 1 unspecified atom stereocenters. The standard InChI is InChI=1S/C12H13F4NO2/c1-11(2,9(17)10(18)19)7-5-6(12(14,15)16)3-4-8(7)13/h3-5,9H,17H2,1-2H3,(H,18,19). The molecule has 1 rings (SSSR count). The topological polar surface area (TPSA) is 63.3 Å². The molecule has 0 amide bonds. The van der Waals surface area contributed by atoms with E-state index in [1.165, 1.54) is 13.8 Å². The number of aliphatic carboxylic acids is 1. The zero-order valence-corrected chi connectivity index (χ0v) is 10.3. The summed E-state index contributed by atoms with van der Waals surface area (Å²) in [6.45, 7) is 2.56. The first-order valence-electron chi connectivity index (χ1n) is 5.33. The summed E-state index contributed by atoms with van der Waals surface area (Å²) in [5, 5.41) is 8.83. The molecule has 0 radical (unpaired) electrons. The number of halogens is 4. The molecule has 0 bridgehead atoms. The molecule has 3 nitrogen and oxygen atoms in total. The Morgan fingerprint density at radius 1 is 1.32 bits per heavy atom. The first-order chi connectivity index (χ1) is 8.48. The molecule has 0 fully saturated rings. The molecule has 106 valence electrons. The predicted molar refractivity (Wildman–Crippen MR) is 60.0 cm³/mol. The van der Waals surface area contributed by atoms with Gasteiger partial charge in [0.2, 0.25) is 0 Å². The van der Waals surface area contributed by atoms with Crippen molar-refractivity contribution < 1.29 is 27.5 Å². The van der Waals surface area contributed by atoms with Gasteiger partial charge in [0.15, 0.2) is 0 Å². The number of carboxylic acid groups (broad SMARTS) is 1. The van der Waals surface area contributed by atoms with Crippen LogP contribution >= 0.6 is 0 Å². The van der Waals surface area contributed by atoms with Gasteiger partial charge < -0.3 is 10.8 Å². The van der Waals surface area contributed by atoms with E-state index in [1.807, 2.05) is 0 Å². The van der Waals surface area contributed by atoms with Crippen molar-refractivity contribution in [3.8, 4) is 0 Å². The van der Waals surface area contributed by atoms with Crippen LogP contribution < -0.4 is 5.73 Å². The molecule has 0 saturated heterocycles. The summed E-state index contributed by atoms with van der Waals surface area (Å²) in [6.07, 6.45) is -4.63. The predicted octanol–water partition coefficient (Wildman–Crippen LogP) is 2.53. The van der Waals surface area contributed by atoms with Crippen LogP contribution in [0.4, 0.5) is 17.6 Å². The fourth-order valence-electron chi connectivity index (χ4n) is 1.67. The van der Waals surface area contributed by atoms with Gasteiger partial charge in [-0.3, -0.25) is 4.79 Å². The van der Waals surface area contributed by atoms with Gasteiger partial charge in [-0.25, -0.2) is 4.39 Å². The van der Waals surface area contributed by atoms with E-state index in [-0.39, 0.29) is 5.56 Å². The summed E-state index contributed by atoms with van der Waals surface area (Å²) in [7, 11) is 0. The van der Waals surface area contributed by atoms with Gasteiger partial charge in [0, 0.05) is 5.41 Å². The Morgan fingerprint density at radius 2 is 1.84 bits per heavy atom. The number of hydrogen-bond acceptors (Lipinski definition) is 2. The summed E-state index contributed by atoms with van der Waals surface area (Å²) in [4.78, 5) is 10.8. The lowest BCUT2D eigenvalue weighted by Crippen LogP contribution is -2.47. The molecule has 0 aliphatic heterocycles. The summed E-state index contributed by atoms with van der Waals surface area (Å²) in [5.41, 5.74) is 2.51. The smallest absolute Gasteiger partial charge is 0.416 e. The molecule has 7 heteroatoms. The van der Waals surface area contributed by atoms with Crippen LogP contribution in [-0.2, 0) is 16.4 Å². The fourth-order valence-corrected chi connectivity index (χ4v) is 1.67. The maximum Gasteiger partial charge on any atom is 0.416 e. The SMILES string of the molecule is CC(C)(c1cc(C(F)(F)F)ccc1F)C(N)C(=O)O. The van der Waals surface area contributed by atoms with Gasteiger partial charge in [-0.05, 0) is 23.8 Å². The van der Waals surface area contributed by atoms with Crippen molar-refractivity contribution in [1.29, 1.82) is 0 Å². The van der Waals surface area contributed by atoms with Gasteiger partial charge in [-0.15, -0.1) is 0 Å². The van der Waals surface area contributed by atoms with Crippen molar-refractivity contribution in [3.05, 3.63) is 35.1 Å². The maximum absolute atomic E-state index is 13.7. The first kappa shape index (κ1) is 15.4. The third-order valence-electron chi connectivity index (χ3n) is 3.03. The van der Waals surface area contributed by atoms with Crippen molar-refractivity contribution in [3.63, 3.8) is 0 Å². The molecule has 0 aliphatic carbocycles. The zero-order valence-electron chi connectivity index (χ0n) is 10.3. The Balaban J connectivity index is 3.37. The highest BCUT2D eigenvalue weighted by molar-refractivity contribution is 5.75. The second kappa shape index (κ2) is 4.80. The molecule has 0 spiro atoms. The molecule has 1 atom stereocenters. The number of alkyl halides is 3. The minimum absolute atomic E-state index is 0.378. The van der Waals surface area contributed by atoms with Gasteiger partial charge in [0.05, 0.1) is 5.56 Å². The number of rotatable bonds is 3. The van der Waals surface area contributed by atoms with E-state index < -0.39 is 35.0 Å². The molecule has 0 aliphatic rings. The number of hydrogen-bond donors (Lipinski definition) is 2. The van der Waals surface area contributed by atoms with Crippen LogP contribution in [0.1, 0.15) is 25.0 Å². The highest BCUT2D eigenvalue weighted by Gasteiger charge is 2.38. The fraction of sp³-hybridized carbons (Fsp3) is 0.417. The van der Waals surface area contributed by atoms with Crippen LogP contribution in [-0.4, -0.2) is 17.1 Å². The highest BCUT2D eigenvalue weighted by Crippen LogP contribution is 2.35. The van der Waals surface area contributed by atoms with Gasteiger partial charge in [-0.2, -0.15) is 13.2 Å². The van der Waals surface area contributed by atoms with Crippen LogP contribution in [0.25, 0.3) is 0 Å². The van der Waals surface area contributed by atoms with Crippen LogP contribution in [0.2, 0.25) is 0 Å². The van der Waals surface area contributed by atoms with Crippen molar-refractivity contribution in [2.24, 2.45) is 5.73 Å². The molecule has 1 aromatic rings. The van der Waals surface area contributed by atoms with Crippen molar-refractivity contribution in [2.75, 3.05) is 0 Å². The minimum Gasteiger partial charge on any atom is -0.480 e. The molecule has 19 heavy (non-hydrogen) atoms. The molecule has 1 aromatic carbocycles. The molecule has 0 aromatic heterocycles. The molecule has 0 saturated carbocycles. The van der Waals surface area contributed by atoms with Crippen LogP contribution in [0.3, 0.4) is 0 Å². The van der Waals surface area contributed by atoms with Gasteiger partial charge in [-0.1, -0.05) is 13.8 Å². The van der Waals surface area contributed by atoms with Gasteiger partial charge in [0.1, 0.15) is 11.9 Å². The normalized spacial score (nSPS) is 14.3. The van der Waals surface area contributed by atoms with Crippen molar-refractivity contribution in [1.82, 2.24) is 0 Å². The third-order valence-corrected chi connectivity index (χ3v) is 3.03. The Kier molecular flexibility index (Phi) is 3.90. The Bertz CT molecular complexity index is 497.